The summed E-state index contributed by atoms with van der Waals surface area (Å²) in [4.78, 5) is 0. The van der Waals surface area contributed by atoms with Crippen LogP contribution in [-0.4, -0.2) is 7.05 Å². The average molecular weight is 284 g/mol. The Hall–Kier alpha value is -1.65. The van der Waals surface area contributed by atoms with Crippen LogP contribution < -0.4 is 10.1 Å². The van der Waals surface area contributed by atoms with E-state index in [2.05, 4.69) is 5.32 Å². The second kappa shape index (κ2) is 5.99. The molecule has 0 aromatic heterocycles. The van der Waals surface area contributed by atoms with Gasteiger partial charge in [0.1, 0.15) is 5.75 Å². The van der Waals surface area contributed by atoms with Gasteiger partial charge in [-0.2, -0.15) is 0 Å². The van der Waals surface area contributed by atoms with E-state index in [1.165, 1.54) is 12.1 Å². The van der Waals surface area contributed by atoms with Gasteiger partial charge in [-0.3, -0.25) is 0 Å². The first-order valence-electron chi connectivity index (χ1n) is 5.66. The Bertz CT molecular complexity index is 566. The van der Waals surface area contributed by atoms with Crippen molar-refractivity contribution in [1.29, 1.82) is 0 Å². The van der Waals surface area contributed by atoms with Gasteiger partial charge in [0, 0.05) is 6.54 Å². The lowest BCUT2D eigenvalue weighted by molar-refractivity contribution is 0.406. The van der Waals surface area contributed by atoms with E-state index in [0.717, 1.165) is 0 Å². The molecule has 0 radical (unpaired) electrons. The summed E-state index contributed by atoms with van der Waals surface area (Å²) in [7, 11) is 1.70. The largest absolute Gasteiger partial charge is 0.450 e. The Kier molecular flexibility index (Phi) is 4.35. The van der Waals surface area contributed by atoms with Gasteiger partial charge in [0.05, 0.1) is 5.02 Å². The third kappa shape index (κ3) is 3.22. The number of hydrogen-bond donors (Lipinski definition) is 1. The highest BCUT2D eigenvalue weighted by Crippen LogP contribution is 2.32. The molecule has 0 amide bonds. The summed E-state index contributed by atoms with van der Waals surface area (Å²) in [6, 6.07) is 8.96. The normalized spacial score (nSPS) is 10.5. The van der Waals surface area contributed by atoms with Crippen molar-refractivity contribution in [3.63, 3.8) is 0 Å². The Morgan fingerprint density at radius 3 is 2.37 bits per heavy atom. The summed E-state index contributed by atoms with van der Waals surface area (Å²) in [6.45, 7) is 0.375. The molecule has 0 aliphatic carbocycles. The number of para-hydroxylation sites is 1. The first kappa shape index (κ1) is 13.8. The van der Waals surface area contributed by atoms with E-state index in [1.54, 1.807) is 31.3 Å². The molecular formula is C14H12ClF2NO. The van der Waals surface area contributed by atoms with Gasteiger partial charge in [-0.05, 0) is 36.9 Å². The van der Waals surface area contributed by atoms with Crippen molar-refractivity contribution >= 4 is 11.6 Å². The Labute approximate surface area is 115 Å². The van der Waals surface area contributed by atoms with Crippen LogP contribution in [0.3, 0.4) is 0 Å². The molecule has 0 fully saturated rings. The van der Waals surface area contributed by atoms with Crippen LogP contribution in [0.15, 0.2) is 36.4 Å². The quantitative estimate of drug-likeness (QED) is 0.911. The highest BCUT2D eigenvalue weighted by Gasteiger charge is 2.14. The molecule has 0 saturated carbocycles. The predicted octanol–water partition coefficient (Wildman–Crippen LogP) is 4.13. The number of ether oxygens (including phenoxy) is 1. The molecule has 5 heteroatoms. The topological polar surface area (TPSA) is 21.3 Å². The summed E-state index contributed by atoms with van der Waals surface area (Å²) in [6.07, 6.45) is 0. The van der Waals surface area contributed by atoms with Crippen molar-refractivity contribution < 1.29 is 13.5 Å². The molecule has 0 unspecified atom stereocenters. The first-order chi connectivity index (χ1) is 9.11. The molecule has 2 aromatic rings. The fourth-order valence-electron chi connectivity index (χ4n) is 1.65. The maximum Gasteiger partial charge on any atom is 0.198 e. The molecule has 19 heavy (non-hydrogen) atoms. The van der Waals surface area contributed by atoms with Crippen LogP contribution in [0.5, 0.6) is 11.5 Å². The predicted molar refractivity (Wildman–Crippen MR) is 70.6 cm³/mol. The Balaban J connectivity index is 2.33. The van der Waals surface area contributed by atoms with Crippen molar-refractivity contribution in [3.8, 4) is 11.5 Å². The van der Waals surface area contributed by atoms with Crippen LogP contribution in [0.4, 0.5) is 8.78 Å². The third-order valence-electron chi connectivity index (χ3n) is 2.49. The van der Waals surface area contributed by atoms with E-state index in [4.69, 9.17) is 16.3 Å². The van der Waals surface area contributed by atoms with Crippen LogP contribution >= 0.6 is 11.6 Å². The van der Waals surface area contributed by atoms with Crippen LogP contribution in [0.2, 0.25) is 5.02 Å². The molecule has 2 nitrogen and oxygen atoms in total. The Morgan fingerprint density at radius 1 is 1.16 bits per heavy atom. The average Bonchev–Trinajstić information content (AvgIpc) is 2.36. The molecule has 1 N–H and O–H groups in total. The maximum atomic E-state index is 13.8. The molecule has 0 aliphatic heterocycles. The molecule has 0 aliphatic rings. The van der Waals surface area contributed by atoms with Gasteiger partial charge in [-0.15, -0.1) is 0 Å². The van der Waals surface area contributed by atoms with Gasteiger partial charge in [-0.25, -0.2) is 8.78 Å². The van der Waals surface area contributed by atoms with Gasteiger partial charge in [0.15, 0.2) is 17.4 Å². The highest BCUT2D eigenvalue weighted by atomic mass is 35.5. The van der Waals surface area contributed by atoms with Gasteiger partial charge < -0.3 is 10.1 Å². The second-order valence-corrected chi connectivity index (χ2v) is 4.36. The first-order valence-corrected chi connectivity index (χ1v) is 6.04. The molecule has 0 saturated heterocycles. The lowest BCUT2D eigenvalue weighted by atomic mass is 10.2. The van der Waals surface area contributed by atoms with Gasteiger partial charge in [0.25, 0.3) is 0 Å². The zero-order valence-corrected chi connectivity index (χ0v) is 11.0. The molecule has 2 rings (SSSR count). The van der Waals surface area contributed by atoms with E-state index >= 15 is 0 Å². The minimum absolute atomic E-state index is 0.211. The summed E-state index contributed by atoms with van der Waals surface area (Å²) in [5.41, 5.74) is 0.504. The van der Waals surface area contributed by atoms with E-state index < -0.39 is 17.4 Å². The molecule has 0 bridgehead atoms. The molecule has 0 atom stereocenters. The molecule has 100 valence electrons. The van der Waals surface area contributed by atoms with Crippen molar-refractivity contribution in [1.82, 2.24) is 5.32 Å². The number of halogens is 3. The summed E-state index contributed by atoms with van der Waals surface area (Å²) >= 11 is 5.88. The van der Waals surface area contributed by atoms with E-state index in [1.807, 2.05) is 0 Å². The second-order valence-electron chi connectivity index (χ2n) is 3.95. The molecule has 0 heterocycles. The van der Waals surface area contributed by atoms with E-state index in [9.17, 15) is 8.78 Å². The van der Waals surface area contributed by atoms with Crippen LogP contribution in [-0.2, 0) is 6.54 Å². The number of nitrogens with one attached hydrogen (secondary N) is 1. The van der Waals surface area contributed by atoms with Crippen molar-refractivity contribution in [3.05, 3.63) is 58.6 Å². The molecular weight excluding hydrogens is 272 g/mol. The monoisotopic (exact) mass is 283 g/mol. The number of benzene rings is 2. The SMILES string of the molecule is CNCc1cc(F)c(Oc2ccccc2Cl)c(F)c1. The van der Waals surface area contributed by atoms with Crippen molar-refractivity contribution in [2.45, 2.75) is 6.54 Å². The van der Waals surface area contributed by atoms with Crippen LogP contribution in [0, 0.1) is 11.6 Å². The number of rotatable bonds is 4. The fraction of sp³-hybridized carbons (Fsp3) is 0.143. The summed E-state index contributed by atoms with van der Waals surface area (Å²) in [5, 5.41) is 3.11. The zero-order chi connectivity index (χ0) is 13.8. The zero-order valence-electron chi connectivity index (χ0n) is 10.2. The van der Waals surface area contributed by atoms with E-state index in [0.29, 0.717) is 17.1 Å². The highest BCUT2D eigenvalue weighted by molar-refractivity contribution is 6.32. The van der Waals surface area contributed by atoms with E-state index in [-0.39, 0.29) is 5.75 Å². The van der Waals surface area contributed by atoms with Crippen molar-refractivity contribution in [2.24, 2.45) is 0 Å². The van der Waals surface area contributed by atoms with Crippen LogP contribution in [0.25, 0.3) is 0 Å². The van der Waals surface area contributed by atoms with Gasteiger partial charge in [0.2, 0.25) is 0 Å². The molecule has 0 spiro atoms. The Morgan fingerprint density at radius 2 is 1.79 bits per heavy atom. The lowest BCUT2D eigenvalue weighted by Gasteiger charge is -2.10. The minimum Gasteiger partial charge on any atom is -0.450 e. The smallest absolute Gasteiger partial charge is 0.198 e. The standard InChI is InChI=1S/C14H12ClF2NO/c1-18-8-9-6-11(16)14(12(17)7-9)19-13-5-3-2-4-10(13)15/h2-7,18H,8H2,1H3. The maximum absolute atomic E-state index is 13.8. The number of hydrogen-bond acceptors (Lipinski definition) is 2. The van der Waals surface area contributed by atoms with Crippen LogP contribution in [0.1, 0.15) is 5.56 Å². The fourth-order valence-corrected chi connectivity index (χ4v) is 1.83. The van der Waals surface area contributed by atoms with Gasteiger partial charge in [-0.1, -0.05) is 23.7 Å². The summed E-state index contributed by atoms with van der Waals surface area (Å²) in [5.74, 6) is -1.76. The van der Waals surface area contributed by atoms with Crippen molar-refractivity contribution in [2.75, 3.05) is 7.05 Å². The lowest BCUT2D eigenvalue weighted by Crippen LogP contribution is -2.06. The molecule has 2 aromatic carbocycles. The third-order valence-corrected chi connectivity index (χ3v) is 2.80. The summed E-state index contributed by atoms with van der Waals surface area (Å²) < 4.78 is 32.8. The minimum atomic E-state index is -0.759. The van der Waals surface area contributed by atoms with Gasteiger partial charge >= 0.3 is 0 Å².